The van der Waals surface area contributed by atoms with Crippen LogP contribution < -0.4 is 15.1 Å². The van der Waals surface area contributed by atoms with Gasteiger partial charge in [0.15, 0.2) is 11.0 Å². The number of anilines is 1. The number of halogens is 3. The maximum atomic E-state index is 12.6. The number of amidine groups is 1. The summed E-state index contributed by atoms with van der Waals surface area (Å²) in [5.74, 6) is 0.0506. The van der Waals surface area contributed by atoms with Crippen LogP contribution in [-0.4, -0.2) is 49.3 Å². The molecule has 15 heteroatoms. The molecule has 0 unspecified atom stereocenters. The monoisotopic (exact) mass is 620 g/mol. The molecule has 216 valence electrons. The Morgan fingerprint density at radius 3 is 2.60 bits per heavy atom. The van der Waals surface area contributed by atoms with E-state index < -0.39 is 6.36 Å². The van der Waals surface area contributed by atoms with Crippen LogP contribution in [0.2, 0.25) is 0 Å². The molecule has 4 aromatic rings. The molecule has 0 aliphatic carbocycles. The van der Waals surface area contributed by atoms with Crippen LogP contribution in [0.4, 0.5) is 18.9 Å². The number of hydrogen-bond acceptors (Lipinski definition) is 8. The Labute approximate surface area is 252 Å². The first-order chi connectivity index (χ1) is 20.6. The standard InChI is InChI=1S/C28H19F3N8O2S2/c1-17-2-5-20(13-32)23(12-17)39-24(40)15-43-27(39)35-26(42)36-34-14-18-3-6-19(7-4-18)25-33-16-38(37-25)21-8-10-22(11-9-21)41-28(29,30)31/h2-12,14,16H,15H2,1H3,(H,36,42)/b34-14+,35-27-. The van der Waals surface area contributed by atoms with Crippen molar-refractivity contribution in [1.82, 2.24) is 20.2 Å². The molecule has 1 aliphatic rings. The fourth-order valence-corrected chi connectivity index (χ4v) is 4.98. The molecule has 2 heterocycles. The number of carbonyl (C=O) groups is 1. The van der Waals surface area contributed by atoms with E-state index in [0.717, 1.165) is 11.1 Å². The van der Waals surface area contributed by atoms with Gasteiger partial charge in [-0.25, -0.2) is 9.67 Å². The summed E-state index contributed by atoms with van der Waals surface area (Å²) >= 11 is 6.50. The molecule has 1 N–H and O–H groups in total. The van der Waals surface area contributed by atoms with Crippen LogP contribution in [0, 0.1) is 18.3 Å². The lowest BCUT2D eigenvalue weighted by atomic mass is 10.1. The number of ether oxygens (including phenoxy) is 1. The van der Waals surface area contributed by atoms with E-state index in [0.29, 0.717) is 33.5 Å². The molecule has 0 radical (unpaired) electrons. The van der Waals surface area contributed by atoms with Crippen LogP contribution in [0.25, 0.3) is 17.1 Å². The van der Waals surface area contributed by atoms with Crippen molar-refractivity contribution in [3.05, 3.63) is 89.7 Å². The van der Waals surface area contributed by atoms with Gasteiger partial charge in [0, 0.05) is 5.56 Å². The fourth-order valence-electron chi connectivity index (χ4n) is 3.92. The number of carbonyl (C=O) groups excluding carboxylic acids is 1. The molecular weight excluding hydrogens is 601 g/mol. The molecule has 1 aromatic heterocycles. The highest BCUT2D eigenvalue weighted by Gasteiger charge is 2.32. The van der Waals surface area contributed by atoms with Gasteiger partial charge in [0.2, 0.25) is 11.0 Å². The third kappa shape index (κ3) is 7.23. The van der Waals surface area contributed by atoms with E-state index in [1.54, 1.807) is 42.5 Å². The van der Waals surface area contributed by atoms with Crippen LogP contribution in [0.15, 0.2) is 83.2 Å². The molecule has 10 nitrogen and oxygen atoms in total. The molecule has 5 rings (SSSR count). The van der Waals surface area contributed by atoms with Crippen molar-refractivity contribution in [3.63, 3.8) is 0 Å². The summed E-state index contributed by atoms with van der Waals surface area (Å²) < 4.78 is 42.5. The molecule has 0 saturated carbocycles. The van der Waals surface area contributed by atoms with Crippen molar-refractivity contribution < 1.29 is 22.7 Å². The lowest BCUT2D eigenvalue weighted by Crippen LogP contribution is -2.31. The first kappa shape index (κ1) is 29.4. The van der Waals surface area contributed by atoms with E-state index >= 15 is 0 Å². The van der Waals surface area contributed by atoms with E-state index in [9.17, 15) is 23.2 Å². The van der Waals surface area contributed by atoms with Crippen molar-refractivity contribution in [2.24, 2.45) is 10.1 Å². The van der Waals surface area contributed by atoms with Crippen LogP contribution in [0.5, 0.6) is 5.75 Å². The normalized spacial score (nSPS) is 14.3. The van der Waals surface area contributed by atoms with Gasteiger partial charge in [0.1, 0.15) is 18.1 Å². The van der Waals surface area contributed by atoms with Crippen molar-refractivity contribution >= 4 is 52.1 Å². The zero-order valence-corrected chi connectivity index (χ0v) is 23.7. The predicted octanol–water partition coefficient (Wildman–Crippen LogP) is 5.36. The van der Waals surface area contributed by atoms with E-state index in [2.05, 4.69) is 36.4 Å². The van der Waals surface area contributed by atoms with E-state index in [-0.39, 0.29) is 22.5 Å². The van der Waals surface area contributed by atoms with Crippen LogP contribution >= 0.6 is 24.0 Å². The third-order valence-corrected chi connectivity index (χ3v) is 6.95. The number of thiocarbonyl (C=S) groups is 1. The largest absolute Gasteiger partial charge is 0.573 e. The Hall–Kier alpha value is -5.07. The maximum Gasteiger partial charge on any atom is 0.573 e. The van der Waals surface area contributed by atoms with Gasteiger partial charge in [-0.1, -0.05) is 42.1 Å². The Morgan fingerprint density at radius 1 is 1.16 bits per heavy atom. The minimum Gasteiger partial charge on any atom is -0.406 e. The van der Waals surface area contributed by atoms with Gasteiger partial charge in [0.25, 0.3) is 0 Å². The van der Waals surface area contributed by atoms with E-state index in [4.69, 9.17) is 12.2 Å². The number of nitrogens with one attached hydrogen (secondary N) is 1. The van der Waals surface area contributed by atoms with Crippen molar-refractivity contribution in [3.8, 4) is 28.9 Å². The lowest BCUT2D eigenvalue weighted by Gasteiger charge is -2.18. The zero-order valence-electron chi connectivity index (χ0n) is 22.1. The predicted molar refractivity (Wildman–Crippen MR) is 160 cm³/mol. The van der Waals surface area contributed by atoms with E-state index in [1.165, 1.54) is 58.2 Å². The SMILES string of the molecule is Cc1ccc(C#N)c(N2C(=O)CS/C2=N\C(=S)N/N=C/c2ccc(-c3ncn(-c4ccc(OC(F)(F)F)cc4)n3)cc2)c1. The first-order valence-corrected chi connectivity index (χ1v) is 13.8. The number of nitrogens with zero attached hydrogens (tertiary/aromatic N) is 7. The first-order valence-electron chi connectivity index (χ1n) is 12.4. The molecule has 1 amide bonds. The topological polar surface area (TPSA) is 121 Å². The number of aliphatic imine (C=N–C) groups is 1. The number of hydrogen-bond donors (Lipinski definition) is 1. The summed E-state index contributed by atoms with van der Waals surface area (Å²) in [5.41, 5.74) is 6.32. The average molecular weight is 621 g/mol. The second kappa shape index (κ2) is 12.4. The Morgan fingerprint density at radius 2 is 1.91 bits per heavy atom. The molecule has 1 saturated heterocycles. The van der Waals surface area contributed by atoms with Crippen molar-refractivity contribution in [2.45, 2.75) is 13.3 Å². The summed E-state index contributed by atoms with van der Waals surface area (Å²) in [5, 5.41) is 18.4. The number of aryl methyl sites for hydroxylation is 1. The second-order valence-electron chi connectivity index (χ2n) is 8.90. The molecule has 0 bridgehead atoms. The van der Waals surface area contributed by atoms with Gasteiger partial charge in [-0.15, -0.1) is 18.3 Å². The van der Waals surface area contributed by atoms with Crippen LogP contribution in [-0.2, 0) is 4.79 Å². The quantitative estimate of drug-likeness (QED) is 0.174. The number of benzene rings is 3. The summed E-state index contributed by atoms with van der Waals surface area (Å²) in [6.45, 7) is 1.87. The number of nitriles is 1. The summed E-state index contributed by atoms with van der Waals surface area (Å²) in [4.78, 5) is 22.6. The third-order valence-electron chi connectivity index (χ3n) is 5.85. The van der Waals surface area contributed by atoms with Gasteiger partial charge >= 0.3 is 6.36 Å². The highest BCUT2D eigenvalue weighted by Crippen LogP contribution is 2.30. The minimum atomic E-state index is -4.76. The molecule has 0 spiro atoms. The molecule has 0 atom stereocenters. The molecular formula is C28H19F3N8O2S2. The Bertz CT molecular complexity index is 1780. The number of rotatable bonds is 6. The Kier molecular flexibility index (Phi) is 8.51. The summed E-state index contributed by atoms with van der Waals surface area (Å²) in [7, 11) is 0. The van der Waals surface area contributed by atoms with E-state index in [1.807, 2.05) is 6.92 Å². The zero-order chi connectivity index (χ0) is 30.6. The van der Waals surface area contributed by atoms with Gasteiger partial charge in [-0.3, -0.25) is 15.1 Å². The second-order valence-corrected chi connectivity index (χ2v) is 10.2. The number of aromatic nitrogens is 3. The van der Waals surface area contributed by atoms with Gasteiger partial charge in [-0.05, 0) is 66.7 Å². The molecule has 1 fully saturated rings. The van der Waals surface area contributed by atoms with Crippen LogP contribution in [0.1, 0.15) is 16.7 Å². The van der Waals surface area contributed by atoms with Gasteiger partial charge in [0.05, 0.1) is 28.9 Å². The number of thioether (sulfide) groups is 1. The fraction of sp³-hybridized carbons (Fsp3) is 0.107. The highest BCUT2D eigenvalue weighted by atomic mass is 32.2. The van der Waals surface area contributed by atoms with Crippen LogP contribution in [0.3, 0.4) is 0 Å². The summed E-state index contributed by atoms with van der Waals surface area (Å²) in [6, 6.07) is 19.7. The molecule has 43 heavy (non-hydrogen) atoms. The molecule has 1 aliphatic heterocycles. The number of amides is 1. The van der Waals surface area contributed by atoms with Crippen molar-refractivity contribution in [1.29, 1.82) is 5.26 Å². The smallest absolute Gasteiger partial charge is 0.406 e. The van der Waals surface area contributed by atoms with Gasteiger partial charge in [-0.2, -0.15) is 15.4 Å². The Balaban J connectivity index is 1.21. The van der Waals surface area contributed by atoms with Crippen molar-refractivity contribution in [2.75, 3.05) is 10.7 Å². The lowest BCUT2D eigenvalue weighted by molar-refractivity contribution is -0.274. The maximum absolute atomic E-state index is 12.6. The minimum absolute atomic E-state index is 0.0361. The summed E-state index contributed by atoms with van der Waals surface area (Å²) in [6.07, 6.45) is -1.78. The molecule has 3 aromatic carbocycles. The van der Waals surface area contributed by atoms with Gasteiger partial charge < -0.3 is 4.74 Å². The average Bonchev–Trinajstić information content (AvgIpc) is 3.60. The highest BCUT2D eigenvalue weighted by molar-refractivity contribution is 8.15. The number of alkyl halides is 3. The number of hydrazone groups is 1.